The smallest absolute Gasteiger partial charge is 0.335 e. The minimum atomic E-state index is -1.15. The van der Waals surface area contributed by atoms with Gasteiger partial charge in [0, 0.05) is 6.61 Å². The first kappa shape index (κ1) is 15.1. The van der Waals surface area contributed by atoms with Gasteiger partial charge in [-0.1, -0.05) is 0 Å². The number of carbonyl (C=O) groups is 2. The van der Waals surface area contributed by atoms with Crippen LogP contribution in [0.25, 0.3) is 0 Å². The number of benzene rings is 1. The number of nitrogens with one attached hydrogen (secondary N) is 2. The van der Waals surface area contributed by atoms with E-state index in [1.807, 2.05) is 6.92 Å². The Labute approximate surface area is 121 Å². The lowest BCUT2D eigenvalue weighted by atomic mass is 9.95. The lowest BCUT2D eigenvalue weighted by Crippen LogP contribution is -2.52. The number of ether oxygens (including phenoxy) is 1. The molecule has 1 heterocycles. The third kappa shape index (κ3) is 3.85. The van der Waals surface area contributed by atoms with E-state index in [0.717, 1.165) is 18.9 Å². The Morgan fingerprint density at radius 2 is 2.14 bits per heavy atom. The van der Waals surface area contributed by atoms with Crippen molar-refractivity contribution in [1.29, 1.82) is 0 Å². The molecule has 2 amide bonds. The lowest BCUT2D eigenvalue weighted by molar-refractivity contribution is 0.0342. The second-order valence-corrected chi connectivity index (χ2v) is 5.33. The van der Waals surface area contributed by atoms with Crippen LogP contribution in [-0.2, 0) is 4.74 Å². The molecule has 1 aliphatic heterocycles. The molecule has 1 aliphatic rings. The number of aromatic hydroxyl groups is 1. The zero-order valence-corrected chi connectivity index (χ0v) is 11.7. The molecule has 0 spiro atoms. The normalized spacial score (nSPS) is 21.6. The zero-order chi connectivity index (χ0) is 15.5. The highest BCUT2D eigenvalue weighted by molar-refractivity contribution is 5.93. The molecule has 0 saturated carbocycles. The predicted octanol–water partition coefficient (Wildman–Crippen LogP) is 1.78. The zero-order valence-electron chi connectivity index (χ0n) is 11.7. The van der Waals surface area contributed by atoms with Crippen LogP contribution in [-0.4, -0.2) is 41.0 Å². The number of phenolic OH excluding ortho intramolecular Hbond substituents is 1. The SMILES string of the molecule is CC1(NC(=O)Nc2ccc(C(=O)O)cc2O)CCCOC1. The predicted molar refractivity (Wildman–Crippen MR) is 75.7 cm³/mol. The van der Waals surface area contributed by atoms with Gasteiger partial charge in [0.1, 0.15) is 5.75 Å². The minimum Gasteiger partial charge on any atom is -0.506 e. The van der Waals surface area contributed by atoms with Crippen molar-refractivity contribution in [3.8, 4) is 5.75 Å². The van der Waals surface area contributed by atoms with Gasteiger partial charge >= 0.3 is 12.0 Å². The molecule has 0 aromatic heterocycles. The number of hydrogen-bond donors (Lipinski definition) is 4. The molecule has 0 aliphatic carbocycles. The van der Waals surface area contributed by atoms with E-state index in [1.54, 1.807) is 0 Å². The van der Waals surface area contributed by atoms with Crippen molar-refractivity contribution in [3.63, 3.8) is 0 Å². The average Bonchev–Trinajstić information content (AvgIpc) is 2.41. The summed E-state index contributed by atoms with van der Waals surface area (Å²) in [6, 6.07) is 3.27. The number of carboxylic acids is 1. The largest absolute Gasteiger partial charge is 0.506 e. The average molecular weight is 294 g/mol. The van der Waals surface area contributed by atoms with Gasteiger partial charge in [0.15, 0.2) is 0 Å². The third-order valence-electron chi connectivity index (χ3n) is 3.35. The summed E-state index contributed by atoms with van der Waals surface area (Å²) in [6.45, 7) is 3.01. The number of urea groups is 1. The van der Waals surface area contributed by atoms with Crippen molar-refractivity contribution in [3.05, 3.63) is 23.8 Å². The quantitative estimate of drug-likeness (QED) is 0.636. The summed E-state index contributed by atoms with van der Waals surface area (Å²) in [5.41, 5.74) is -0.345. The van der Waals surface area contributed by atoms with Gasteiger partial charge in [-0.2, -0.15) is 0 Å². The summed E-state index contributed by atoms with van der Waals surface area (Å²) in [7, 11) is 0. The van der Waals surface area contributed by atoms with E-state index in [0.29, 0.717) is 13.2 Å². The summed E-state index contributed by atoms with van der Waals surface area (Å²) >= 11 is 0. The molecule has 0 radical (unpaired) electrons. The maximum absolute atomic E-state index is 12.0. The van der Waals surface area contributed by atoms with Crippen molar-refractivity contribution >= 4 is 17.7 Å². The van der Waals surface area contributed by atoms with Crippen LogP contribution in [0.2, 0.25) is 0 Å². The number of carbonyl (C=O) groups excluding carboxylic acids is 1. The summed E-state index contributed by atoms with van der Waals surface area (Å²) in [5, 5.41) is 23.8. The first-order valence-electron chi connectivity index (χ1n) is 6.63. The molecular weight excluding hydrogens is 276 g/mol. The fourth-order valence-electron chi connectivity index (χ4n) is 2.23. The van der Waals surface area contributed by atoms with Gasteiger partial charge in [-0.3, -0.25) is 0 Å². The van der Waals surface area contributed by atoms with Crippen molar-refractivity contribution < 1.29 is 24.5 Å². The Morgan fingerprint density at radius 3 is 2.71 bits per heavy atom. The van der Waals surface area contributed by atoms with Crippen molar-refractivity contribution in [1.82, 2.24) is 5.32 Å². The van der Waals surface area contributed by atoms with Gasteiger partial charge in [0.05, 0.1) is 23.4 Å². The van der Waals surface area contributed by atoms with Gasteiger partial charge < -0.3 is 25.6 Å². The van der Waals surface area contributed by atoms with Gasteiger partial charge in [0.25, 0.3) is 0 Å². The maximum atomic E-state index is 12.0. The molecule has 7 nitrogen and oxygen atoms in total. The maximum Gasteiger partial charge on any atom is 0.335 e. The number of carboxylic acid groups (broad SMARTS) is 1. The Morgan fingerprint density at radius 1 is 1.38 bits per heavy atom. The van der Waals surface area contributed by atoms with Gasteiger partial charge in [-0.15, -0.1) is 0 Å². The number of phenols is 1. The van der Waals surface area contributed by atoms with Crippen LogP contribution in [0.1, 0.15) is 30.1 Å². The lowest BCUT2D eigenvalue weighted by Gasteiger charge is -2.34. The molecule has 1 aromatic rings. The first-order valence-corrected chi connectivity index (χ1v) is 6.63. The second-order valence-electron chi connectivity index (χ2n) is 5.33. The van der Waals surface area contributed by atoms with Crippen LogP contribution in [0.3, 0.4) is 0 Å². The Balaban J connectivity index is 2.01. The first-order chi connectivity index (χ1) is 9.89. The molecule has 2 rings (SSSR count). The van der Waals surface area contributed by atoms with Crippen LogP contribution in [0, 0.1) is 0 Å². The van der Waals surface area contributed by atoms with Crippen LogP contribution < -0.4 is 10.6 Å². The van der Waals surface area contributed by atoms with E-state index in [1.165, 1.54) is 12.1 Å². The molecule has 1 unspecified atom stereocenters. The van der Waals surface area contributed by atoms with Crippen molar-refractivity contribution in [2.75, 3.05) is 18.5 Å². The number of hydrogen-bond acceptors (Lipinski definition) is 4. The highest BCUT2D eigenvalue weighted by atomic mass is 16.5. The molecule has 0 bridgehead atoms. The fraction of sp³-hybridized carbons (Fsp3) is 0.429. The van der Waals surface area contributed by atoms with E-state index >= 15 is 0 Å². The monoisotopic (exact) mass is 294 g/mol. The molecular formula is C14H18N2O5. The number of aromatic carboxylic acids is 1. The summed E-state index contributed by atoms with van der Waals surface area (Å²) in [6.07, 6.45) is 1.68. The molecule has 114 valence electrons. The van der Waals surface area contributed by atoms with Crippen molar-refractivity contribution in [2.45, 2.75) is 25.3 Å². The van der Waals surface area contributed by atoms with E-state index in [4.69, 9.17) is 9.84 Å². The van der Waals surface area contributed by atoms with E-state index in [2.05, 4.69) is 10.6 Å². The van der Waals surface area contributed by atoms with Crippen LogP contribution in [0.15, 0.2) is 18.2 Å². The minimum absolute atomic E-state index is 0.0499. The molecule has 1 saturated heterocycles. The Hall–Kier alpha value is -2.28. The summed E-state index contributed by atoms with van der Waals surface area (Å²) < 4.78 is 5.34. The highest BCUT2D eigenvalue weighted by Gasteiger charge is 2.29. The van der Waals surface area contributed by atoms with E-state index in [9.17, 15) is 14.7 Å². The molecule has 21 heavy (non-hydrogen) atoms. The van der Waals surface area contributed by atoms with Crippen LogP contribution >= 0.6 is 0 Å². The Kier molecular flexibility index (Phi) is 4.32. The van der Waals surface area contributed by atoms with Crippen LogP contribution in [0.4, 0.5) is 10.5 Å². The molecule has 1 fully saturated rings. The molecule has 1 atom stereocenters. The second kappa shape index (κ2) is 6.01. The topological polar surface area (TPSA) is 108 Å². The van der Waals surface area contributed by atoms with Gasteiger partial charge in [-0.05, 0) is 38.0 Å². The standard InChI is InChI=1S/C14H18N2O5/c1-14(5-2-6-21-8-14)16-13(20)15-10-4-3-9(12(18)19)7-11(10)17/h3-4,7,17H,2,5-6,8H2,1H3,(H,18,19)(H2,15,16,20). The highest BCUT2D eigenvalue weighted by Crippen LogP contribution is 2.25. The van der Waals surface area contributed by atoms with Gasteiger partial charge in [0.2, 0.25) is 0 Å². The Bertz CT molecular complexity index is 552. The molecule has 1 aromatic carbocycles. The number of anilines is 1. The molecule has 7 heteroatoms. The van der Waals surface area contributed by atoms with E-state index < -0.39 is 17.5 Å². The van der Waals surface area contributed by atoms with E-state index in [-0.39, 0.29) is 17.0 Å². The van der Waals surface area contributed by atoms with Crippen molar-refractivity contribution in [2.24, 2.45) is 0 Å². The summed E-state index contributed by atoms with van der Waals surface area (Å²) in [5.74, 6) is -1.44. The third-order valence-corrected chi connectivity index (χ3v) is 3.35. The fourth-order valence-corrected chi connectivity index (χ4v) is 2.23. The number of rotatable bonds is 3. The molecule has 4 N–H and O–H groups in total. The van der Waals surface area contributed by atoms with Gasteiger partial charge in [-0.25, -0.2) is 9.59 Å². The summed E-state index contributed by atoms with van der Waals surface area (Å²) in [4.78, 5) is 22.7. The van der Waals surface area contributed by atoms with Crippen LogP contribution in [0.5, 0.6) is 5.75 Å². The number of amides is 2.